The summed E-state index contributed by atoms with van der Waals surface area (Å²) in [6.45, 7) is 4.95. The van der Waals surface area contributed by atoms with E-state index in [0.29, 0.717) is 19.0 Å². The van der Waals surface area contributed by atoms with E-state index in [1.165, 1.54) is 0 Å². The summed E-state index contributed by atoms with van der Waals surface area (Å²) < 4.78 is 37.8. The van der Waals surface area contributed by atoms with Gasteiger partial charge >= 0.3 is 0 Å². The molecule has 1 N–H and O–H groups in total. The van der Waals surface area contributed by atoms with E-state index in [9.17, 15) is 8.42 Å². The number of hydrogen-bond donors (Lipinski definition) is 1. The number of sulfonamides is 1. The number of nitrogens with one attached hydrogen (secondary N) is 1. The fraction of sp³-hybridized carbons (Fsp3) is 0.571. The minimum absolute atomic E-state index is 0.110. The highest BCUT2D eigenvalue weighted by Crippen LogP contribution is 2.16. The van der Waals surface area contributed by atoms with Gasteiger partial charge in [-0.3, -0.25) is 0 Å². The van der Waals surface area contributed by atoms with Crippen molar-refractivity contribution in [2.75, 3.05) is 39.9 Å². The van der Waals surface area contributed by atoms with Crippen LogP contribution in [-0.4, -0.2) is 59.3 Å². The highest BCUT2D eigenvalue weighted by molar-refractivity contribution is 7.89. The van der Waals surface area contributed by atoms with Crippen molar-refractivity contribution in [3.63, 3.8) is 0 Å². The Morgan fingerprint density at radius 3 is 2.71 bits per heavy atom. The number of hydrogen-bond acceptors (Lipinski definition) is 5. The van der Waals surface area contributed by atoms with Crippen molar-refractivity contribution in [1.29, 1.82) is 0 Å². The lowest BCUT2D eigenvalue weighted by atomic mass is 10.3. The minimum Gasteiger partial charge on any atom is -0.494 e. The van der Waals surface area contributed by atoms with Gasteiger partial charge in [-0.2, -0.15) is 0 Å². The van der Waals surface area contributed by atoms with Gasteiger partial charge in [0.1, 0.15) is 5.75 Å². The normalized spacial score (nSPS) is 20.4. The predicted octanol–water partition coefficient (Wildman–Crippen LogP) is 0.694. The van der Waals surface area contributed by atoms with Crippen LogP contribution >= 0.6 is 0 Å². The Bertz CT molecular complexity index is 545. The lowest BCUT2D eigenvalue weighted by Crippen LogP contribution is -2.45. The molecule has 1 atom stereocenters. The fourth-order valence-electron chi connectivity index (χ4n) is 2.16. The van der Waals surface area contributed by atoms with E-state index in [1.54, 1.807) is 24.3 Å². The summed E-state index contributed by atoms with van der Waals surface area (Å²) in [6, 6.07) is 6.40. The quantitative estimate of drug-likeness (QED) is 0.837. The van der Waals surface area contributed by atoms with Crippen molar-refractivity contribution in [2.45, 2.75) is 17.9 Å². The lowest BCUT2D eigenvalue weighted by Gasteiger charge is -2.30. The highest BCUT2D eigenvalue weighted by Gasteiger charge is 2.21. The summed E-state index contributed by atoms with van der Waals surface area (Å²) in [6.07, 6.45) is -0.110. The Kier molecular flexibility index (Phi) is 5.58. The number of likely N-dealkylation sites (N-methyl/N-ethyl adjacent to an activating group) is 1. The van der Waals surface area contributed by atoms with E-state index in [4.69, 9.17) is 9.47 Å². The number of ether oxygens (including phenoxy) is 2. The van der Waals surface area contributed by atoms with Crippen LogP contribution in [0, 0.1) is 0 Å². The van der Waals surface area contributed by atoms with Crippen molar-refractivity contribution in [3.8, 4) is 5.75 Å². The smallest absolute Gasteiger partial charge is 0.240 e. The molecule has 21 heavy (non-hydrogen) atoms. The summed E-state index contributed by atoms with van der Waals surface area (Å²) in [7, 11) is -1.52. The maximum absolute atomic E-state index is 12.2. The molecule has 1 fully saturated rings. The molecular formula is C14H22N2O4S. The molecule has 6 nitrogen and oxygen atoms in total. The minimum atomic E-state index is -3.51. The number of nitrogens with zero attached hydrogens (tertiary/aromatic N) is 1. The van der Waals surface area contributed by atoms with Gasteiger partial charge in [-0.1, -0.05) is 0 Å². The standard InChI is InChI=1S/C14H22N2O4S/c1-3-19-12-4-6-14(7-5-12)21(17,18)15-10-13-11-16(2)8-9-20-13/h4-7,13,15H,3,8-11H2,1-2H3. The van der Waals surface area contributed by atoms with Crippen molar-refractivity contribution in [1.82, 2.24) is 9.62 Å². The zero-order valence-electron chi connectivity index (χ0n) is 12.4. The van der Waals surface area contributed by atoms with Crippen LogP contribution in [0.15, 0.2) is 29.2 Å². The summed E-state index contributed by atoms with van der Waals surface area (Å²) in [4.78, 5) is 2.36. The molecule has 0 aliphatic carbocycles. The largest absolute Gasteiger partial charge is 0.494 e. The average Bonchev–Trinajstić information content (AvgIpc) is 2.46. The van der Waals surface area contributed by atoms with Gasteiger partial charge in [-0.15, -0.1) is 0 Å². The Hall–Kier alpha value is -1.15. The molecule has 118 valence electrons. The first-order valence-electron chi connectivity index (χ1n) is 7.04. The van der Waals surface area contributed by atoms with Gasteiger partial charge in [0, 0.05) is 19.6 Å². The Morgan fingerprint density at radius 2 is 2.10 bits per heavy atom. The number of benzene rings is 1. The van der Waals surface area contributed by atoms with Crippen LogP contribution < -0.4 is 9.46 Å². The van der Waals surface area contributed by atoms with Crippen LogP contribution in [0.3, 0.4) is 0 Å². The van der Waals surface area contributed by atoms with Gasteiger partial charge in [-0.05, 0) is 38.2 Å². The molecule has 1 aromatic carbocycles. The molecule has 1 unspecified atom stereocenters. The van der Waals surface area contributed by atoms with E-state index < -0.39 is 10.0 Å². The van der Waals surface area contributed by atoms with E-state index in [0.717, 1.165) is 13.1 Å². The van der Waals surface area contributed by atoms with E-state index in [-0.39, 0.29) is 17.5 Å². The first-order chi connectivity index (χ1) is 10.0. The molecule has 7 heteroatoms. The van der Waals surface area contributed by atoms with Crippen LogP contribution in [0.4, 0.5) is 0 Å². The molecule has 1 saturated heterocycles. The zero-order chi connectivity index (χ0) is 15.3. The molecule has 2 rings (SSSR count). The Balaban J connectivity index is 1.94. The topological polar surface area (TPSA) is 67.9 Å². The monoisotopic (exact) mass is 314 g/mol. The van der Waals surface area contributed by atoms with E-state index in [2.05, 4.69) is 9.62 Å². The third-order valence-corrected chi connectivity index (χ3v) is 4.73. The average molecular weight is 314 g/mol. The molecule has 1 aliphatic heterocycles. The molecule has 0 amide bonds. The van der Waals surface area contributed by atoms with E-state index in [1.807, 2.05) is 14.0 Å². The third kappa shape index (κ3) is 4.67. The first-order valence-corrected chi connectivity index (χ1v) is 8.52. The van der Waals surface area contributed by atoms with Gasteiger partial charge in [0.2, 0.25) is 10.0 Å². The molecule has 1 heterocycles. The molecule has 0 bridgehead atoms. The van der Waals surface area contributed by atoms with Gasteiger partial charge in [-0.25, -0.2) is 13.1 Å². The fourth-order valence-corrected chi connectivity index (χ4v) is 3.22. The van der Waals surface area contributed by atoms with Gasteiger partial charge in [0.25, 0.3) is 0 Å². The molecular weight excluding hydrogens is 292 g/mol. The van der Waals surface area contributed by atoms with Crippen LogP contribution in [0.5, 0.6) is 5.75 Å². The van der Waals surface area contributed by atoms with Crippen LogP contribution in [0.2, 0.25) is 0 Å². The van der Waals surface area contributed by atoms with Crippen molar-refractivity contribution < 1.29 is 17.9 Å². The lowest BCUT2D eigenvalue weighted by molar-refractivity contribution is -0.0156. The molecule has 0 radical (unpaired) electrons. The molecule has 0 aromatic heterocycles. The van der Waals surface area contributed by atoms with Crippen molar-refractivity contribution >= 4 is 10.0 Å². The summed E-state index contributed by atoms with van der Waals surface area (Å²) in [5, 5.41) is 0. The summed E-state index contributed by atoms with van der Waals surface area (Å²) in [5.41, 5.74) is 0. The second-order valence-electron chi connectivity index (χ2n) is 5.01. The second-order valence-corrected chi connectivity index (χ2v) is 6.78. The first kappa shape index (κ1) is 16.2. The van der Waals surface area contributed by atoms with Crippen LogP contribution in [0.1, 0.15) is 6.92 Å². The zero-order valence-corrected chi connectivity index (χ0v) is 13.2. The van der Waals surface area contributed by atoms with Crippen molar-refractivity contribution in [2.24, 2.45) is 0 Å². The van der Waals surface area contributed by atoms with Crippen LogP contribution in [-0.2, 0) is 14.8 Å². The van der Waals surface area contributed by atoms with Gasteiger partial charge < -0.3 is 14.4 Å². The highest BCUT2D eigenvalue weighted by atomic mass is 32.2. The summed E-state index contributed by atoms with van der Waals surface area (Å²) >= 11 is 0. The summed E-state index contributed by atoms with van der Waals surface area (Å²) in [5.74, 6) is 0.661. The van der Waals surface area contributed by atoms with Crippen molar-refractivity contribution in [3.05, 3.63) is 24.3 Å². The van der Waals surface area contributed by atoms with Crippen LogP contribution in [0.25, 0.3) is 0 Å². The molecule has 1 aliphatic rings. The van der Waals surface area contributed by atoms with E-state index >= 15 is 0 Å². The number of rotatable bonds is 6. The molecule has 0 saturated carbocycles. The molecule has 0 spiro atoms. The Morgan fingerprint density at radius 1 is 1.38 bits per heavy atom. The number of morpholine rings is 1. The maximum atomic E-state index is 12.2. The maximum Gasteiger partial charge on any atom is 0.240 e. The van der Waals surface area contributed by atoms with Gasteiger partial charge in [0.05, 0.1) is 24.2 Å². The second kappa shape index (κ2) is 7.22. The third-order valence-electron chi connectivity index (χ3n) is 3.29. The van der Waals surface area contributed by atoms with Gasteiger partial charge in [0.15, 0.2) is 0 Å². The predicted molar refractivity (Wildman–Crippen MR) is 80.0 cm³/mol. The Labute approximate surface area is 126 Å². The molecule has 1 aromatic rings. The SMILES string of the molecule is CCOc1ccc(S(=O)(=O)NCC2CN(C)CCO2)cc1.